The predicted molar refractivity (Wildman–Crippen MR) is 64.4 cm³/mol. The zero-order valence-corrected chi connectivity index (χ0v) is 10.2. The summed E-state index contributed by atoms with van der Waals surface area (Å²) in [4.78, 5) is 22.1. The van der Waals surface area contributed by atoms with Crippen molar-refractivity contribution < 1.29 is 23.8 Å². The molecular formula is C13H14FNO4. The number of carbonyl (C=O) groups excluding carboxylic acids is 1. The summed E-state index contributed by atoms with van der Waals surface area (Å²) in [6.45, 7) is 0. The third kappa shape index (κ3) is 2.67. The number of halogens is 1. The molecule has 1 aromatic rings. The monoisotopic (exact) mass is 267 g/mol. The first-order valence-electron chi connectivity index (χ1n) is 5.93. The quantitative estimate of drug-likeness (QED) is 0.849. The Bertz CT molecular complexity index is 525. The average Bonchev–Trinajstić information content (AvgIpc) is 2.24. The van der Waals surface area contributed by atoms with Crippen molar-refractivity contribution in [1.82, 2.24) is 0 Å². The maximum absolute atomic E-state index is 13.6. The summed E-state index contributed by atoms with van der Waals surface area (Å²) >= 11 is 0. The molecule has 6 heteroatoms. The molecule has 1 aromatic carbocycles. The fourth-order valence-electron chi connectivity index (χ4n) is 2.22. The van der Waals surface area contributed by atoms with Gasteiger partial charge in [0.2, 0.25) is 0 Å². The van der Waals surface area contributed by atoms with Gasteiger partial charge >= 0.3 is 5.97 Å². The highest BCUT2D eigenvalue weighted by atomic mass is 19.1. The van der Waals surface area contributed by atoms with Crippen molar-refractivity contribution in [2.75, 3.05) is 0 Å². The number of primary amides is 1. The van der Waals surface area contributed by atoms with E-state index in [1.54, 1.807) is 0 Å². The van der Waals surface area contributed by atoms with Crippen LogP contribution in [-0.4, -0.2) is 22.6 Å². The van der Waals surface area contributed by atoms with Crippen LogP contribution < -0.4 is 10.5 Å². The Morgan fingerprint density at radius 2 is 2.11 bits per heavy atom. The number of aliphatic carboxylic acids is 1. The van der Waals surface area contributed by atoms with Gasteiger partial charge in [0, 0.05) is 0 Å². The second kappa shape index (κ2) is 4.87. The maximum atomic E-state index is 13.6. The number of carboxylic acids is 1. The summed E-state index contributed by atoms with van der Waals surface area (Å²) in [5.41, 5.74) is 3.93. The molecule has 0 radical (unpaired) electrons. The average molecular weight is 267 g/mol. The highest BCUT2D eigenvalue weighted by Crippen LogP contribution is 2.40. The Kier molecular flexibility index (Phi) is 3.42. The van der Waals surface area contributed by atoms with Crippen LogP contribution in [0.5, 0.6) is 5.75 Å². The summed E-state index contributed by atoms with van der Waals surface area (Å²) in [6.07, 6.45) is 1.79. The molecule has 0 bridgehead atoms. The molecule has 3 N–H and O–H groups in total. The molecule has 102 valence electrons. The topological polar surface area (TPSA) is 89.6 Å². The Hall–Kier alpha value is -2.11. The Labute approximate surface area is 109 Å². The van der Waals surface area contributed by atoms with Gasteiger partial charge in [-0.15, -0.1) is 0 Å². The van der Waals surface area contributed by atoms with Crippen molar-refractivity contribution in [3.05, 3.63) is 29.6 Å². The molecule has 5 nitrogen and oxygen atoms in total. The number of rotatable bonds is 5. The number of benzene rings is 1. The van der Waals surface area contributed by atoms with Gasteiger partial charge in [-0.1, -0.05) is 6.07 Å². The molecule has 1 amide bonds. The predicted octanol–water partition coefficient (Wildman–Crippen LogP) is 1.70. The number of carboxylic acid groups (broad SMARTS) is 1. The first kappa shape index (κ1) is 13.3. The number of hydrogen-bond donors (Lipinski definition) is 2. The third-order valence-electron chi connectivity index (χ3n) is 3.29. The van der Waals surface area contributed by atoms with Gasteiger partial charge < -0.3 is 15.6 Å². The van der Waals surface area contributed by atoms with Crippen LogP contribution in [0.4, 0.5) is 4.39 Å². The van der Waals surface area contributed by atoms with Gasteiger partial charge in [-0.05, 0) is 31.4 Å². The van der Waals surface area contributed by atoms with E-state index in [9.17, 15) is 14.0 Å². The van der Waals surface area contributed by atoms with Gasteiger partial charge in [-0.2, -0.15) is 0 Å². The molecule has 19 heavy (non-hydrogen) atoms. The van der Waals surface area contributed by atoms with E-state index >= 15 is 0 Å². The fourth-order valence-corrected chi connectivity index (χ4v) is 2.22. The van der Waals surface area contributed by atoms with E-state index in [0.717, 1.165) is 12.5 Å². The number of amides is 1. The van der Waals surface area contributed by atoms with E-state index in [2.05, 4.69) is 0 Å². The van der Waals surface area contributed by atoms with Crippen LogP contribution in [0.3, 0.4) is 0 Å². The second-order valence-electron chi connectivity index (χ2n) is 4.69. The van der Waals surface area contributed by atoms with E-state index in [1.807, 2.05) is 0 Å². The van der Waals surface area contributed by atoms with Crippen LogP contribution >= 0.6 is 0 Å². The SMILES string of the molecule is NC(=O)c1c(F)cccc1OC1(CC(=O)O)CCC1. The first-order valence-corrected chi connectivity index (χ1v) is 5.93. The lowest BCUT2D eigenvalue weighted by molar-refractivity contribution is -0.144. The van der Waals surface area contributed by atoms with Crippen LogP contribution in [0.1, 0.15) is 36.0 Å². The van der Waals surface area contributed by atoms with Gasteiger partial charge in [0.15, 0.2) is 0 Å². The minimum atomic E-state index is -0.989. The highest BCUT2D eigenvalue weighted by molar-refractivity contribution is 5.95. The molecule has 0 unspecified atom stereocenters. The van der Waals surface area contributed by atoms with Crippen molar-refractivity contribution in [3.63, 3.8) is 0 Å². The van der Waals surface area contributed by atoms with Gasteiger partial charge in [0.1, 0.15) is 22.7 Å². The molecular weight excluding hydrogens is 253 g/mol. The van der Waals surface area contributed by atoms with Crippen LogP contribution in [-0.2, 0) is 4.79 Å². The number of carbonyl (C=O) groups is 2. The van der Waals surface area contributed by atoms with E-state index < -0.39 is 23.3 Å². The van der Waals surface area contributed by atoms with E-state index in [4.69, 9.17) is 15.6 Å². The normalized spacial score (nSPS) is 16.5. The maximum Gasteiger partial charge on any atom is 0.307 e. The number of ether oxygens (including phenoxy) is 1. The number of nitrogens with two attached hydrogens (primary N) is 1. The lowest BCUT2D eigenvalue weighted by atomic mass is 9.77. The Morgan fingerprint density at radius 3 is 2.58 bits per heavy atom. The van der Waals surface area contributed by atoms with Gasteiger partial charge in [0.05, 0.1) is 6.42 Å². The minimum Gasteiger partial charge on any atom is -0.486 e. The molecule has 0 heterocycles. The van der Waals surface area contributed by atoms with Crippen LogP contribution in [0.2, 0.25) is 0 Å². The molecule has 1 aliphatic carbocycles. The van der Waals surface area contributed by atoms with E-state index in [-0.39, 0.29) is 17.7 Å². The first-order chi connectivity index (χ1) is 8.93. The fraction of sp³-hybridized carbons (Fsp3) is 0.385. The van der Waals surface area contributed by atoms with Crippen LogP contribution in [0, 0.1) is 5.82 Å². The Balaban J connectivity index is 2.30. The van der Waals surface area contributed by atoms with Crippen molar-refractivity contribution in [2.45, 2.75) is 31.3 Å². The second-order valence-corrected chi connectivity index (χ2v) is 4.69. The molecule has 2 rings (SSSR count). The number of hydrogen-bond acceptors (Lipinski definition) is 3. The minimum absolute atomic E-state index is 0.00782. The van der Waals surface area contributed by atoms with Crippen LogP contribution in [0.25, 0.3) is 0 Å². The molecule has 0 atom stereocenters. The lowest BCUT2D eigenvalue weighted by Crippen LogP contribution is -2.45. The smallest absolute Gasteiger partial charge is 0.307 e. The highest BCUT2D eigenvalue weighted by Gasteiger charge is 2.42. The molecule has 0 spiro atoms. The summed E-state index contributed by atoms with van der Waals surface area (Å²) < 4.78 is 19.2. The van der Waals surface area contributed by atoms with Gasteiger partial charge in [0.25, 0.3) is 5.91 Å². The van der Waals surface area contributed by atoms with Crippen molar-refractivity contribution in [2.24, 2.45) is 5.73 Å². The Morgan fingerprint density at radius 1 is 1.42 bits per heavy atom. The zero-order valence-electron chi connectivity index (χ0n) is 10.2. The van der Waals surface area contributed by atoms with Gasteiger partial charge in [-0.3, -0.25) is 9.59 Å². The third-order valence-corrected chi connectivity index (χ3v) is 3.29. The van der Waals surface area contributed by atoms with Crippen molar-refractivity contribution in [1.29, 1.82) is 0 Å². The molecule has 1 aliphatic rings. The standard InChI is InChI=1S/C13H14FNO4/c14-8-3-1-4-9(11(8)12(15)18)19-13(5-2-6-13)7-10(16)17/h1,3-4H,2,5-7H2,(H2,15,18)(H,16,17). The molecule has 1 saturated carbocycles. The van der Waals surface area contributed by atoms with Crippen molar-refractivity contribution in [3.8, 4) is 5.75 Å². The summed E-state index contributed by atoms with van der Waals surface area (Å²) in [6, 6.07) is 3.92. The van der Waals surface area contributed by atoms with Crippen molar-refractivity contribution >= 4 is 11.9 Å². The summed E-state index contributed by atoms with van der Waals surface area (Å²) in [5, 5.41) is 8.88. The molecule has 1 fully saturated rings. The summed E-state index contributed by atoms with van der Waals surface area (Å²) in [5.74, 6) is -2.68. The van der Waals surface area contributed by atoms with Crippen LogP contribution in [0.15, 0.2) is 18.2 Å². The molecule has 0 saturated heterocycles. The lowest BCUT2D eigenvalue weighted by Gasteiger charge is -2.41. The zero-order chi connectivity index (χ0) is 14.0. The molecule has 0 aromatic heterocycles. The van der Waals surface area contributed by atoms with E-state index in [1.165, 1.54) is 12.1 Å². The summed E-state index contributed by atoms with van der Waals surface area (Å²) in [7, 11) is 0. The van der Waals surface area contributed by atoms with E-state index in [0.29, 0.717) is 12.8 Å². The molecule has 0 aliphatic heterocycles. The van der Waals surface area contributed by atoms with Gasteiger partial charge in [-0.25, -0.2) is 4.39 Å². The largest absolute Gasteiger partial charge is 0.486 e.